The molecule has 9 heteroatoms. The monoisotopic (exact) mass is 503 g/mol. The molecule has 0 bridgehead atoms. The van der Waals surface area contributed by atoms with E-state index in [0.717, 1.165) is 19.9 Å². The first-order chi connectivity index (χ1) is 14.8. The molecule has 0 spiro atoms. The van der Waals surface area contributed by atoms with Gasteiger partial charge in [-0.05, 0) is 60.5 Å². The van der Waals surface area contributed by atoms with Crippen LogP contribution >= 0.6 is 15.9 Å². The molecule has 0 unspecified atom stereocenters. The maximum atomic E-state index is 13.2. The maximum absolute atomic E-state index is 13.2. The predicted octanol–water partition coefficient (Wildman–Crippen LogP) is 3.99. The molecule has 3 aromatic rings. The number of pyridine rings is 1. The number of benzene rings is 2. The number of carbonyl (C=O) groups is 1. The molecule has 1 N–H and O–H groups in total. The van der Waals surface area contributed by atoms with Crippen LogP contribution in [0.5, 0.6) is 5.75 Å². The van der Waals surface area contributed by atoms with Crippen molar-refractivity contribution in [3.8, 4) is 5.75 Å². The summed E-state index contributed by atoms with van der Waals surface area (Å²) in [6.45, 7) is 1.58. The highest BCUT2D eigenvalue weighted by Gasteiger charge is 2.27. The molecular formula is C22H22BrN3O4S. The zero-order valence-corrected chi connectivity index (χ0v) is 19.5. The van der Waals surface area contributed by atoms with E-state index in [4.69, 9.17) is 4.74 Å². The molecule has 3 rings (SSSR count). The largest absolute Gasteiger partial charge is 0.497 e. The normalized spacial score (nSPS) is 11.4. The SMILES string of the molecule is COc1ccc(CN(CC(=O)Nc2ccc(Br)c(C)c2)S(=O)(=O)c2cccnc2)cc1. The Morgan fingerprint density at radius 3 is 2.52 bits per heavy atom. The van der Waals surface area contributed by atoms with Crippen molar-refractivity contribution in [2.24, 2.45) is 0 Å². The van der Waals surface area contributed by atoms with E-state index in [1.807, 2.05) is 19.1 Å². The van der Waals surface area contributed by atoms with Gasteiger partial charge in [-0.3, -0.25) is 9.78 Å². The molecule has 0 saturated carbocycles. The van der Waals surface area contributed by atoms with Gasteiger partial charge in [0, 0.05) is 29.1 Å². The van der Waals surface area contributed by atoms with Crippen LogP contribution in [-0.2, 0) is 21.4 Å². The van der Waals surface area contributed by atoms with Crippen molar-refractivity contribution in [2.75, 3.05) is 19.0 Å². The Labute approximate surface area is 190 Å². The smallest absolute Gasteiger partial charge is 0.245 e. The van der Waals surface area contributed by atoms with E-state index in [1.165, 1.54) is 18.5 Å². The van der Waals surface area contributed by atoms with Gasteiger partial charge in [0.2, 0.25) is 15.9 Å². The lowest BCUT2D eigenvalue weighted by atomic mass is 10.2. The number of hydrogen-bond acceptors (Lipinski definition) is 5. The van der Waals surface area contributed by atoms with Crippen molar-refractivity contribution < 1.29 is 17.9 Å². The van der Waals surface area contributed by atoms with Crippen LogP contribution in [0.4, 0.5) is 5.69 Å². The van der Waals surface area contributed by atoms with Crippen molar-refractivity contribution >= 4 is 37.5 Å². The number of carbonyl (C=O) groups excluding carboxylic acids is 1. The van der Waals surface area contributed by atoms with E-state index < -0.39 is 15.9 Å². The molecule has 0 aliphatic carbocycles. The predicted molar refractivity (Wildman–Crippen MR) is 122 cm³/mol. The zero-order chi connectivity index (χ0) is 22.4. The molecule has 0 atom stereocenters. The molecule has 1 aromatic heterocycles. The highest BCUT2D eigenvalue weighted by Crippen LogP contribution is 2.22. The minimum Gasteiger partial charge on any atom is -0.497 e. The van der Waals surface area contributed by atoms with Gasteiger partial charge in [-0.15, -0.1) is 0 Å². The number of hydrogen-bond donors (Lipinski definition) is 1. The summed E-state index contributed by atoms with van der Waals surface area (Å²) in [5.74, 6) is 0.219. The lowest BCUT2D eigenvalue weighted by molar-refractivity contribution is -0.116. The summed E-state index contributed by atoms with van der Waals surface area (Å²) in [5, 5.41) is 2.77. The lowest BCUT2D eigenvalue weighted by Crippen LogP contribution is -2.37. The summed E-state index contributed by atoms with van der Waals surface area (Å²) >= 11 is 3.42. The Kier molecular flexibility index (Phi) is 7.42. The summed E-state index contributed by atoms with van der Waals surface area (Å²) in [6.07, 6.45) is 2.77. The molecule has 1 heterocycles. The van der Waals surface area contributed by atoms with Gasteiger partial charge in [-0.2, -0.15) is 4.31 Å². The standard InChI is InChI=1S/C22H22BrN3O4S/c1-16-12-18(7-10-21(16)23)25-22(27)15-26(14-17-5-8-19(30-2)9-6-17)31(28,29)20-4-3-11-24-13-20/h3-13H,14-15H2,1-2H3,(H,25,27). The minimum atomic E-state index is -3.95. The molecule has 7 nitrogen and oxygen atoms in total. The lowest BCUT2D eigenvalue weighted by Gasteiger charge is -2.22. The fourth-order valence-corrected chi connectivity index (χ4v) is 4.49. The fourth-order valence-electron chi connectivity index (χ4n) is 2.89. The average Bonchev–Trinajstić information content (AvgIpc) is 2.77. The van der Waals surface area contributed by atoms with E-state index in [-0.39, 0.29) is 18.0 Å². The van der Waals surface area contributed by atoms with Crippen molar-refractivity contribution in [3.63, 3.8) is 0 Å². The molecule has 0 fully saturated rings. The number of sulfonamides is 1. The van der Waals surface area contributed by atoms with Crippen LogP contribution in [0.15, 0.2) is 76.4 Å². The Balaban J connectivity index is 1.85. The third-order valence-corrected chi connectivity index (χ3v) is 7.22. The quantitative estimate of drug-likeness (QED) is 0.501. The number of nitrogens with one attached hydrogen (secondary N) is 1. The maximum Gasteiger partial charge on any atom is 0.245 e. The molecular weight excluding hydrogens is 482 g/mol. The number of halogens is 1. The Bertz CT molecular complexity index is 1150. The van der Waals surface area contributed by atoms with Gasteiger partial charge in [0.15, 0.2) is 0 Å². The van der Waals surface area contributed by atoms with Gasteiger partial charge in [-0.1, -0.05) is 28.1 Å². The number of amides is 1. The molecule has 2 aromatic carbocycles. The van der Waals surface area contributed by atoms with Crippen LogP contribution in [0.1, 0.15) is 11.1 Å². The molecule has 162 valence electrons. The molecule has 0 aliphatic rings. The van der Waals surface area contributed by atoms with E-state index in [9.17, 15) is 13.2 Å². The second-order valence-electron chi connectivity index (χ2n) is 6.82. The highest BCUT2D eigenvalue weighted by atomic mass is 79.9. The summed E-state index contributed by atoms with van der Waals surface area (Å²) in [7, 11) is -2.39. The van der Waals surface area contributed by atoms with Crippen LogP contribution in [0.2, 0.25) is 0 Å². The summed E-state index contributed by atoms with van der Waals surface area (Å²) in [6, 6.07) is 15.4. The van der Waals surface area contributed by atoms with Crippen LogP contribution in [-0.4, -0.2) is 37.3 Å². The van der Waals surface area contributed by atoms with Crippen LogP contribution < -0.4 is 10.1 Å². The molecule has 1 amide bonds. The summed E-state index contributed by atoms with van der Waals surface area (Å²) in [4.78, 5) is 16.6. The van der Waals surface area contributed by atoms with Crippen LogP contribution in [0.25, 0.3) is 0 Å². The van der Waals surface area contributed by atoms with Crippen molar-refractivity contribution in [2.45, 2.75) is 18.4 Å². The number of anilines is 1. The fraction of sp³-hybridized carbons (Fsp3) is 0.182. The van der Waals surface area contributed by atoms with Gasteiger partial charge in [0.25, 0.3) is 0 Å². The average molecular weight is 504 g/mol. The van der Waals surface area contributed by atoms with Gasteiger partial charge < -0.3 is 10.1 Å². The van der Waals surface area contributed by atoms with E-state index in [2.05, 4.69) is 26.2 Å². The van der Waals surface area contributed by atoms with Crippen LogP contribution in [0, 0.1) is 6.92 Å². The number of aromatic nitrogens is 1. The number of rotatable bonds is 8. The van der Waals surface area contributed by atoms with E-state index in [1.54, 1.807) is 43.5 Å². The van der Waals surface area contributed by atoms with E-state index in [0.29, 0.717) is 11.4 Å². The highest BCUT2D eigenvalue weighted by molar-refractivity contribution is 9.10. The van der Waals surface area contributed by atoms with Crippen molar-refractivity contribution in [1.29, 1.82) is 0 Å². The number of aryl methyl sites for hydroxylation is 1. The third-order valence-electron chi connectivity index (χ3n) is 4.55. The van der Waals surface area contributed by atoms with Gasteiger partial charge in [-0.25, -0.2) is 8.42 Å². The second-order valence-corrected chi connectivity index (χ2v) is 9.61. The molecule has 0 radical (unpaired) electrons. The minimum absolute atomic E-state index is 0.0218. The molecule has 31 heavy (non-hydrogen) atoms. The van der Waals surface area contributed by atoms with Crippen molar-refractivity contribution in [3.05, 3.63) is 82.6 Å². The zero-order valence-electron chi connectivity index (χ0n) is 17.1. The van der Waals surface area contributed by atoms with Gasteiger partial charge in [0.1, 0.15) is 10.6 Å². The third kappa shape index (κ3) is 5.90. The second kappa shape index (κ2) is 10.0. The first-order valence-corrected chi connectivity index (χ1v) is 11.6. The first-order valence-electron chi connectivity index (χ1n) is 9.38. The number of nitrogens with zero attached hydrogens (tertiary/aromatic N) is 2. The first kappa shape index (κ1) is 22.9. The summed E-state index contributed by atoms with van der Waals surface area (Å²) < 4.78 is 33.6. The van der Waals surface area contributed by atoms with Crippen molar-refractivity contribution in [1.82, 2.24) is 9.29 Å². The van der Waals surface area contributed by atoms with Gasteiger partial charge >= 0.3 is 0 Å². The number of ether oxygens (including phenoxy) is 1. The topological polar surface area (TPSA) is 88.6 Å². The van der Waals surface area contributed by atoms with Crippen LogP contribution in [0.3, 0.4) is 0 Å². The molecule has 0 aliphatic heterocycles. The Morgan fingerprint density at radius 2 is 1.90 bits per heavy atom. The Hall–Kier alpha value is -2.75. The van der Waals surface area contributed by atoms with Gasteiger partial charge in [0.05, 0.1) is 13.7 Å². The van der Waals surface area contributed by atoms with E-state index >= 15 is 0 Å². The number of methoxy groups -OCH3 is 1. The Morgan fingerprint density at radius 1 is 1.16 bits per heavy atom. The summed E-state index contributed by atoms with van der Waals surface area (Å²) in [5.41, 5.74) is 2.27. The molecule has 0 saturated heterocycles.